The van der Waals surface area contributed by atoms with E-state index in [2.05, 4.69) is 15.5 Å². The van der Waals surface area contributed by atoms with E-state index in [1.807, 2.05) is 0 Å². The molecule has 2 atom stereocenters. The SMILES string of the molecule is Cn1nnnc1SCC1=C(C(=O)O)N2C(=O)C(O)[C@H]2SC1. The summed E-state index contributed by atoms with van der Waals surface area (Å²) in [5.41, 5.74) is 0.591. The third-order valence-electron chi connectivity index (χ3n) is 3.18. The Morgan fingerprint density at radius 3 is 2.95 bits per heavy atom. The summed E-state index contributed by atoms with van der Waals surface area (Å²) in [5.74, 6) is -0.902. The number of hydrogen-bond donors (Lipinski definition) is 2. The number of fused-ring (bicyclic) bond motifs is 1. The monoisotopic (exact) mass is 329 g/mol. The minimum absolute atomic E-state index is 0.0309. The van der Waals surface area contributed by atoms with Gasteiger partial charge in [-0.25, -0.2) is 9.48 Å². The van der Waals surface area contributed by atoms with Gasteiger partial charge in [0.15, 0.2) is 6.10 Å². The number of aliphatic hydroxyl groups excluding tert-OH is 1. The van der Waals surface area contributed by atoms with E-state index in [1.54, 1.807) is 7.05 Å². The number of hydrogen-bond acceptors (Lipinski definition) is 8. The van der Waals surface area contributed by atoms with Crippen molar-refractivity contribution in [3.63, 3.8) is 0 Å². The Bertz CT molecular complexity index is 645. The van der Waals surface area contributed by atoms with Gasteiger partial charge in [0.1, 0.15) is 11.1 Å². The van der Waals surface area contributed by atoms with Gasteiger partial charge < -0.3 is 10.2 Å². The lowest BCUT2D eigenvalue weighted by molar-refractivity contribution is -0.159. The molecule has 112 valence electrons. The van der Waals surface area contributed by atoms with Gasteiger partial charge in [-0.2, -0.15) is 0 Å². The van der Waals surface area contributed by atoms with E-state index in [1.165, 1.54) is 28.2 Å². The van der Waals surface area contributed by atoms with E-state index in [9.17, 15) is 19.8 Å². The number of carboxylic acids is 1. The predicted molar refractivity (Wildman–Crippen MR) is 73.3 cm³/mol. The number of β-lactam (4-membered cyclic amide) rings is 1. The average Bonchev–Trinajstić information content (AvgIpc) is 2.88. The van der Waals surface area contributed by atoms with Crippen LogP contribution in [0.5, 0.6) is 0 Å². The van der Waals surface area contributed by atoms with Gasteiger partial charge in [0, 0.05) is 18.6 Å². The maximum atomic E-state index is 11.7. The van der Waals surface area contributed by atoms with Crippen molar-refractivity contribution in [2.24, 2.45) is 7.05 Å². The number of carboxylic acid groups (broad SMARTS) is 1. The molecule has 2 N–H and O–H groups in total. The molecule has 0 bridgehead atoms. The molecule has 11 heteroatoms. The molecule has 1 fully saturated rings. The van der Waals surface area contributed by atoms with Crippen molar-refractivity contribution in [2.45, 2.75) is 16.6 Å². The fourth-order valence-electron chi connectivity index (χ4n) is 2.14. The number of nitrogens with zero attached hydrogens (tertiary/aromatic N) is 5. The van der Waals surface area contributed by atoms with E-state index in [-0.39, 0.29) is 5.70 Å². The molecule has 1 saturated heterocycles. The highest BCUT2D eigenvalue weighted by Gasteiger charge is 2.52. The van der Waals surface area contributed by atoms with Crippen LogP contribution in [0.1, 0.15) is 0 Å². The molecule has 3 rings (SSSR count). The topological polar surface area (TPSA) is 121 Å². The number of aliphatic hydroxyl groups is 1. The largest absolute Gasteiger partial charge is 0.477 e. The fraction of sp³-hybridized carbons (Fsp3) is 0.500. The second-order valence-corrected chi connectivity index (χ2v) is 6.53. The second-order valence-electron chi connectivity index (χ2n) is 4.49. The molecule has 0 aromatic carbocycles. The van der Waals surface area contributed by atoms with Crippen LogP contribution in [-0.2, 0) is 16.6 Å². The Morgan fingerprint density at radius 2 is 2.33 bits per heavy atom. The van der Waals surface area contributed by atoms with E-state index in [4.69, 9.17) is 0 Å². The summed E-state index contributed by atoms with van der Waals surface area (Å²) in [4.78, 5) is 24.3. The Hall–Kier alpha value is -1.59. The Labute approximate surface area is 127 Å². The number of carbonyl (C=O) groups excluding carboxylic acids is 1. The van der Waals surface area contributed by atoms with Crippen molar-refractivity contribution in [1.82, 2.24) is 25.1 Å². The van der Waals surface area contributed by atoms with Crippen LogP contribution in [0.2, 0.25) is 0 Å². The number of rotatable bonds is 4. The standard InChI is InChI=1S/C10H11N5O4S2/c1-14-10(11-12-13-14)21-3-4-2-20-8-6(16)7(17)15(8)5(4)9(18)19/h6,8,16H,2-3H2,1H3,(H,18,19)/t6?,8-/m1/s1. The van der Waals surface area contributed by atoms with Gasteiger partial charge in [0.05, 0.1) is 0 Å². The summed E-state index contributed by atoms with van der Waals surface area (Å²) in [6.45, 7) is 0. The zero-order chi connectivity index (χ0) is 15.1. The molecular formula is C10H11N5O4S2. The Balaban J connectivity index is 1.83. The average molecular weight is 329 g/mol. The highest BCUT2D eigenvalue weighted by molar-refractivity contribution is 8.01. The zero-order valence-corrected chi connectivity index (χ0v) is 12.5. The summed E-state index contributed by atoms with van der Waals surface area (Å²) in [7, 11) is 1.69. The third kappa shape index (κ3) is 2.30. The quantitative estimate of drug-likeness (QED) is 0.524. The maximum absolute atomic E-state index is 11.7. The maximum Gasteiger partial charge on any atom is 0.352 e. The molecule has 0 saturated carbocycles. The molecule has 21 heavy (non-hydrogen) atoms. The molecule has 0 spiro atoms. The van der Waals surface area contributed by atoms with Gasteiger partial charge in [0.25, 0.3) is 5.91 Å². The summed E-state index contributed by atoms with van der Waals surface area (Å²) < 4.78 is 1.49. The number of thioether (sulfide) groups is 2. The first kappa shape index (κ1) is 14.4. The van der Waals surface area contributed by atoms with Crippen LogP contribution in [0.4, 0.5) is 0 Å². The third-order valence-corrected chi connectivity index (χ3v) is 5.60. The summed E-state index contributed by atoms with van der Waals surface area (Å²) in [6, 6.07) is 0. The van der Waals surface area contributed by atoms with Gasteiger partial charge in [-0.3, -0.25) is 9.69 Å². The summed E-state index contributed by atoms with van der Waals surface area (Å²) in [5, 5.41) is 30.0. The molecule has 1 unspecified atom stereocenters. The second kappa shape index (κ2) is 5.31. The smallest absolute Gasteiger partial charge is 0.352 e. The number of aromatic nitrogens is 4. The van der Waals surface area contributed by atoms with Crippen molar-refractivity contribution < 1.29 is 19.8 Å². The van der Waals surface area contributed by atoms with Gasteiger partial charge in [-0.15, -0.1) is 16.9 Å². The van der Waals surface area contributed by atoms with Crippen LogP contribution in [0.3, 0.4) is 0 Å². The van der Waals surface area contributed by atoms with Crippen LogP contribution >= 0.6 is 23.5 Å². The number of amides is 1. The van der Waals surface area contributed by atoms with Crippen LogP contribution in [-0.4, -0.2) is 70.2 Å². The Morgan fingerprint density at radius 1 is 1.57 bits per heavy atom. The summed E-state index contributed by atoms with van der Waals surface area (Å²) >= 11 is 2.66. The number of tetrazole rings is 1. The molecule has 1 aromatic heterocycles. The van der Waals surface area contributed by atoms with Crippen LogP contribution in [0, 0.1) is 0 Å². The van der Waals surface area contributed by atoms with E-state index in [0.717, 1.165) is 4.90 Å². The van der Waals surface area contributed by atoms with Crippen LogP contribution in [0.15, 0.2) is 16.4 Å². The number of aryl methyl sites for hydroxylation is 1. The molecule has 0 radical (unpaired) electrons. The van der Waals surface area contributed by atoms with Crippen molar-refractivity contribution in [1.29, 1.82) is 0 Å². The van der Waals surface area contributed by atoms with Gasteiger partial charge in [-0.1, -0.05) is 11.8 Å². The molecule has 9 nitrogen and oxygen atoms in total. The minimum Gasteiger partial charge on any atom is -0.477 e. The lowest BCUT2D eigenvalue weighted by Crippen LogP contribution is -2.64. The fourth-order valence-corrected chi connectivity index (χ4v) is 4.39. The summed E-state index contributed by atoms with van der Waals surface area (Å²) in [6.07, 6.45) is -1.11. The normalized spacial score (nSPS) is 24.9. The van der Waals surface area contributed by atoms with Crippen molar-refractivity contribution >= 4 is 35.4 Å². The van der Waals surface area contributed by atoms with E-state index < -0.39 is 23.4 Å². The minimum atomic E-state index is -1.16. The molecule has 2 aliphatic rings. The van der Waals surface area contributed by atoms with E-state index in [0.29, 0.717) is 22.2 Å². The van der Waals surface area contributed by atoms with Crippen LogP contribution < -0.4 is 0 Å². The first-order valence-corrected chi connectivity index (χ1v) is 7.97. The van der Waals surface area contributed by atoms with E-state index >= 15 is 0 Å². The molecular weight excluding hydrogens is 318 g/mol. The van der Waals surface area contributed by atoms with Gasteiger partial charge in [0.2, 0.25) is 5.16 Å². The highest BCUT2D eigenvalue weighted by atomic mass is 32.2. The van der Waals surface area contributed by atoms with Gasteiger partial charge >= 0.3 is 5.97 Å². The lowest BCUT2D eigenvalue weighted by atomic mass is 10.1. The van der Waals surface area contributed by atoms with Crippen LogP contribution in [0.25, 0.3) is 0 Å². The molecule has 1 amide bonds. The molecule has 2 aliphatic heterocycles. The van der Waals surface area contributed by atoms with Crippen molar-refractivity contribution in [3.05, 3.63) is 11.3 Å². The van der Waals surface area contributed by atoms with Gasteiger partial charge in [-0.05, 0) is 16.0 Å². The first-order chi connectivity index (χ1) is 10.0. The predicted octanol–water partition coefficient (Wildman–Crippen LogP) is -1.08. The Kier molecular flexibility index (Phi) is 3.63. The van der Waals surface area contributed by atoms with Crippen molar-refractivity contribution in [3.8, 4) is 0 Å². The molecule has 0 aliphatic carbocycles. The lowest BCUT2D eigenvalue weighted by Gasteiger charge is -2.47. The van der Waals surface area contributed by atoms with Crippen molar-refractivity contribution in [2.75, 3.05) is 11.5 Å². The highest BCUT2D eigenvalue weighted by Crippen LogP contribution is 2.41. The number of carbonyl (C=O) groups is 2. The molecule has 3 heterocycles. The first-order valence-electron chi connectivity index (χ1n) is 5.94. The number of aliphatic carboxylic acids is 1. The zero-order valence-electron chi connectivity index (χ0n) is 10.8. The molecule has 1 aromatic rings.